The van der Waals surface area contributed by atoms with E-state index < -0.39 is 0 Å². The third-order valence-electron chi connectivity index (χ3n) is 4.46. The summed E-state index contributed by atoms with van der Waals surface area (Å²) in [6, 6.07) is 6.07. The molecule has 1 fully saturated rings. The Kier molecular flexibility index (Phi) is 6.06. The highest BCUT2D eigenvalue weighted by Crippen LogP contribution is 2.38. The Balaban J connectivity index is 0.00000176. The highest BCUT2D eigenvalue weighted by Gasteiger charge is 2.36. The summed E-state index contributed by atoms with van der Waals surface area (Å²) in [5.74, 6) is 1.20. The summed E-state index contributed by atoms with van der Waals surface area (Å²) < 4.78 is 0. The lowest BCUT2D eigenvalue weighted by Gasteiger charge is -2.35. The van der Waals surface area contributed by atoms with Gasteiger partial charge in [-0.1, -0.05) is 11.6 Å². The van der Waals surface area contributed by atoms with Gasteiger partial charge in [0.2, 0.25) is 5.91 Å². The Morgan fingerprint density at radius 1 is 1.50 bits per heavy atom. The average Bonchev–Trinajstić information content (AvgIpc) is 2.48. The van der Waals surface area contributed by atoms with E-state index in [-0.39, 0.29) is 29.8 Å². The molecule has 0 aliphatic carbocycles. The zero-order chi connectivity index (χ0) is 14.9. The molecule has 1 saturated heterocycles. The van der Waals surface area contributed by atoms with E-state index in [0.717, 1.165) is 43.1 Å². The maximum absolute atomic E-state index is 12.7. The summed E-state index contributed by atoms with van der Waals surface area (Å²) in [6.07, 6.45) is 2.98. The number of amides is 1. The van der Waals surface area contributed by atoms with E-state index in [1.54, 1.807) is 0 Å². The standard InChI is InChI=1S/C16H21ClN2OS.ClH/c1-16(6-2-7-18-10-16)15(20)19-13-5-8-21-14-4-3-11(17)9-12(13)14;/h3-4,9,13,18H,2,5-8,10H2,1H3,(H,19,20);1H. The van der Waals surface area contributed by atoms with Crippen molar-refractivity contribution < 1.29 is 4.79 Å². The topological polar surface area (TPSA) is 41.1 Å². The Bertz CT molecular complexity index is 547. The van der Waals surface area contributed by atoms with Crippen LogP contribution in [0.1, 0.15) is 37.8 Å². The first-order valence-electron chi connectivity index (χ1n) is 7.52. The SMILES string of the molecule is CC1(C(=O)NC2CCSc3ccc(Cl)cc32)CCCNC1.Cl. The fourth-order valence-corrected chi connectivity index (χ4v) is 4.38. The molecule has 1 aromatic carbocycles. The van der Waals surface area contributed by atoms with E-state index in [2.05, 4.69) is 23.6 Å². The number of carbonyl (C=O) groups is 1. The Labute approximate surface area is 147 Å². The maximum Gasteiger partial charge on any atom is 0.227 e. The summed E-state index contributed by atoms with van der Waals surface area (Å²) in [4.78, 5) is 13.9. The zero-order valence-electron chi connectivity index (χ0n) is 12.7. The third kappa shape index (κ3) is 3.73. The number of fused-ring (bicyclic) bond motifs is 1. The lowest BCUT2D eigenvalue weighted by atomic mass is 9.81. The molecule has 6 heteroatoms. The van der Waals surface area contributed by atoms with Gasteiger partial charge in [-0.2, -0.15) is 0 Å². The van der Waals surface area contributed by atoms with Crippen LogP contribution in [0.3, 0.4) is 0 Å². The van der Waals surface area contributed by atoms with Crippen LogP contribution in [0.4, 0.5) is 0 Å². The molecule has 0 spiro atoms. The monoisotopic (exact) mass is 360 g/mol. The van der Waals surface area contributed by atoms with Crippen LogP contribution in [0, 0.1) is 5.41 Å². The van der Waals surface area contributed by atoms with Crippen molar-refractivity contribution in [1.29, 1.82) is 0 Å². The van der Waals surface area contributed by atoms with Crippen LogP contribution in [-0.2, 0) is 4.79 Å². The van der Waals surface area contributed by atoms with Crippen LogP contribution in [-0.4, -0.2) is 24.7 Å². The molecule has 1 aromatic rings. The van der Waals surface area contributed by atoms with E-state index in [1.165, 1.54) is 10.5 Å². The van der Waals surface area contributed by atoms with Gasteiger partial charge < -0.3 is 10.6 Å². The number of benzene rings is 1. The van der Waals surface area contributed by atoms with Crippen molar-refractivity contribution in [2.75, 3.05) is 18.8 Å². The summed E-state index contributed by atoms with van der Waals surface area (Å²) in [5, 5.41) is 7.33. The second kappa shape index (κ2) is 7.43. The minimum Gasteiger partial charge on any atom is -0.349 e. The van der Waals surface area contributed by atoms with Gasteiger partial charge >= 0.3 is 0 Å². The summed E-state index contributed by atoms with van der Waals surface area (Å²) in [6.45, 7) is 3.84. The van der Waals surface area contributed by atoms with Gasteiger partial charge in [0.1, 0.15) is 0 Å². The van der Waals surface area contributed by atoms with Gasteiger partial charge in [-0.05, 0) is 56.5 Å². The molecular formula is C16H22Cl2N2OS. The lowest BCUT2D eigenvalue weighted by Crippen LogP contribution is -2.49. The van der Waals surface area contributed by atoms with Gasteiger partial charge in [-0.25, -0.2) is 0 Å². The molecular weight excluding hydrogens is 339 g/mol. The zero-order valence-corrected chi connectivity index (χ0v) is 15.0. The molecule has 3 nitrogen and oxygen atoms in total. The molecule has 2 aliphatic rings. The van der Waals surface area contributed by atoms with Gasteiger partial charge in [0.25, 0.3) is 0 Å². The van der Waals surface area contributed by atoms with E-state index in [0.29, 0.717) is 0 Å². The van der Waals surface area contributed by atoms with Crippen molar-refractivity contribution in [1.82, 2.24) is 10.6 Å². The first-order chi connectivity index (χ1) is 10.1. The van der Waals surface area contributed by atoms with Crippen molar-refractivity contribution in [2.24, 2.45) is 5.41 Å². The number of piperidine rings is 1. The maximum atomic E-state index is 12.7. The molecule has 1 amide bonds. The minimum atomic E-state index is -0.290. The molecule has 22 heavy (non-hydrogen) atoms. The Hall–Kier alpha value is -0.420. The highest BCUT2D eigenvalue weighted by atomic mass is 35.5. The van der Waals surface area contributed by atoms with E-state index >= 15 is 0 Å². The lowest BCUT2D eigenvalue weighted by molar-refractivity contribution is -0.132. The molecule has 0 radical (unpaired) electrons. The van der Waals surface area contributed by atoms with Crippen LogP contribution >= 0.6 is 35.8 Å². The minimum absolute atomic E-state index is 0. The molecule has 122 valence electrons. The highest BCUT2D eigenvalue weighted by molar-refractivity contribution is 7.99. The number of hydrogen-bond donors (Lipinski definition) is 2. The normalized spacial score (nSPS) is 27.5. The smallest absolute Gasteiger partial charge is 0.227 e. The van der Waals surface area contributed by atoms with Crippen molar-refractivity contribution in [3.63, 3.8) is 0 Å². The molecule has 2 heterocycles. The largest absolute Gasteiger partial charge is 0.349 e. The van der Waals surface area contributed by atoms with Crippen molar-refractivity contribution >= 4 is 41.7 Å². The fraction of sp³-hybridized carbons (Fsp3) is 0.562. The van der Waals surface area contributed by atoms with Crippen LogP contribution in [0.2, 0.25) is 5.02 Å². The summed E-state index contributed by atoms with van der Waals surface area (Å²) >= 11 is 7.96. The van der Waals surface area contributed by atoms with E-state index in [4.69, 9.17) is 11.6 Å². The number of thioether (sulfide) groups is 1. The molecule has 0 saturated carbocycles. The van der Waals surface area contributed by atoms with E-state index in [1.807, 2.05) is 23.9 Å². The van der Waals surface area contributed by atoms with E-state index in [9.17, 15) is 4.79 Å². The first kappa shape index (κ1) is 17.9. The number of hydrogen-bond acceptors (Lipinski definition) is 3. The Morgan fingerprint density at radius 2 is 2.32 bits per heavy atom. The van der Waals surface area contributed by atoms with Gasteiger partial charge in [-0.15, -0.1) is 24.2 Å². The molecule has 3 rings (SSSR count). The number of rotatable bonds is 2. The van der Waals surface area contributed by atoms with Crippen LogP contribution in [0.5, 0.6) is 0 Å². The third-order valence-corrected chi connectivity index (χ3v) is 5.82. The van der Waals surface area contributed by atoms with Crippen LogP contribution < -0.4 is 10.6 Å². The molecule has 2 aliphatic heterocycles. The second-order valence-electron chi connectivity index (χ2n) is 6.19. The number of halogens is 2. The summed E-state index contributed by atoms with van der Waals surface area (Å²) in [7, 11) is 0. The van der Waals surface area contributed by atoms with Crippen molar-refractivity contribution in [3.05, 3.63) is 28.8 Å². The van der Waals surface area contributed by atoms with Crippen LogP contribution in [0.25, 0.3) is 0 Å². The van der Waals surface area contributed by atoms with Crippen molar-refractivity contribution in [3.8, 4) is 0 Å². The predicted octanol–water partition coefficient (Wildman–Crippen LogP) is 3.80. The van der Waals surface area contributed by atoms with Crippen molar-refractivity contribution in [2.45, 2.75) is 37.1 Å². The number of carbonyl (C=O) groups excluding carboxylic acids is 1. The first-order valence-corrected chi connectivity index (χ1v) is 8.89. The predicted molar refractivity (Wildman–Crippen MR) is 95.1 cm³/mol. The van der Waals surface area contributed by atoms with Gasteiger partial charge in [-0.3, -0.25) is 4.79 Å². The molecule has 0 bridgehead atoms. The summed E-state index contributed by atoms with van der Waals surface area (Å²) in [5.41, 5.74) is 0.876. The molecule has 2 N–H and O–H groups in total. The van der Waals surface area contributed by atoms with Gasteiger partial charge in [0, 0.05) is 22.2 Å². The molecule has 2 unspecified atom stereocenters. The van der Waals surface area contributed by atoms with Gasteiger partial charge in [0.05, 0.1) is 11.5 Å². The average molecular weight is 361 g/mol. The second-order valence-corrected chi connectivity index (χ2v) is 7.76. The number of nitrogens with one attached hydrogen (secondary N) is 2. The fourth-order valence-electron chi connectivity index (χ4n) is 3.10. The quantitative estimate of drug-likeness (QED) is 0.842. The molecule has 2 atom stereocenters. The Morgan fingerprint density at radius 3 is 3.05 bits per heavy atom. The van der Waals surface area contributed by atoms with Gasteiger partial charge in [0.15, 0.2) is 0 Å². The van der Waals surface area contributed by atoms with Crippen LogP contribution in [0.15, 0.2) is 23.1 Å². The molecule has 0 aromatic heterocycles.